The topological polar surface area (TPSA) is 89.2 Å². The number of carbonyl (C=O) groups excluding carboxylic acids is 1. The molecule has 2 saturated heterocycles. The van der Waals surface area contributed by atoms with Crippen LogP contribution in [0.4, 0.5) is 0 Å². The molecule has 1 aromatic carbocycles. The lowest BCUT2D eigenvalue weighted by atomic mass is 9.90. The zero-order valence-electron chi connectivity index (χ0n) is 11.9. The van der Waals surface area contributed by atoms with Crippen LogP contribution in [0.2, 0.25) is 0 Å². The first-order valence-corrected chi connectivity index (χ1v) is 7.43. The monoisotopic (exact) mass is 290 g/mol. The fourth-order valence-corrected chi connectivity index (χ4v) is 2.75. The Balaban J connectivity index is 1.60. The number of carbonyl (C=O) groups is 1. The van der Waals surface area contributed by atoms with Crippen LogP contribution in [0.25, 0.3) is 0 Å². The molecule has 114 valence electrons. The molecule has 0 aliphatic carbocycles. The van der Waals surface area contributed by atoms with Gasteiger partial charge in [-0.1, -0.05) is 12.1 Å². The van der Waals surface area contributed by atoms with Gasteiger partial charge in [0.15, 0.2) is 0 Å². The molecular weight excluding hydrogens is 268 g/mol. The maximum Gasteiger partial charge on any atom is 0.251 e. The van der Waals surface area contributed by atoms with Crippen molar-refractivity contribution in [3.05, 3.63) is 35.4 Å². The Morgan fingerprint density at radius 2 is 2.14 bits per heavy atom. The van der Waals surface area contributed by atoms with Gasteiger partial charge in [-0.25, -0.2) is 10.9 Å². The van der Waals surface area contributed by atoms with Gasteiger partial charge in [-0.2, -0.15) is 11.1 Å². The maximum atomic E-state index is 12.2. The zero-order chi connectivity index (χ0) is 14.5. The van der Waals surface area contributed by atoms with Crippen molar-refractivity contribution >= 4 is 5.91 Å². The molecule has 21 heavy (non-hydrogen) atoms. The van der Waals surface area contributed by atoms with E-state index in [0.717, 1.165) is 18.7 Å². The Hall–Kier alpha value is -1.51. The van der Waals surface area contributed by atoms with E-state index in [1.54, 1.807) is 0 Å². The van der Waals surface area contributed by atoms with Gasteiger partial charge in [-0.3, -0.25) is 4.79 Å². The van der Waals surface area contributed by atoms with E-state index in [1.807, 2.05) is 18.2 Å². The smallest absolute Gasteiger partial charge is 0.251 e. The van der Waals surface area contributed by atoms with Gasteiger partial charge >= 0.3 is 0 Å². The van der Waals surface area contributed by atoms with Crippen molar-refractivity contribution in [2.75, 3.05) is 19.6 Å². The summed E-state index contributed by atoms with van der Waals surface area (Å²) in [4.78, 5) is 12.2. The van der Waals surface area contributed by atoms with Crippen LogP contribution >= 0.6 is 0 Å². The van der Waals surface area contributed by atoms with Crippen molar-refractivity contribution in [1.29, 1.82) is 0 Å². The Bertz CT molecular complexity index is 482. The molecule has 0 bridgehead atoms. The summed E-state index contributed by atoms with van der Waals surface area (Å²) in [6, 6.07) is 7.95. The predicted molar refractivity (Wildman–Crippen MR) is 80.0 cm³/mol. The molecule has 2 fully saturated rings. The zero-order valence-corrected chi connectivity index (χ0v) is 11.9. The first-order valence-electron chi connectivity index (χ1n) is 7.43. The van der Waals surface area contributed by atoms with Crippen LogP contribution in [0.5, 0.6) is 0 Å². The first-order chi connectivity index (χ1) is 10.3. The first kappa shape index (κ1) is 14.4. The third-order valence-corrected chi connectivity index (χ3v) is 3.94. The molecule has 1 unspecified atom stereocenters. The molecular formula is C14H22N6O. The van der Waals surface area contributed by atoms with Crippen LogP contribution < -0.4 is 32.6 Å². The minimum Gasteiger partial charge on any atom is -0.349 e. The van der Waals surface area contributed by atoms with Crippen LogP contribution in [-0.2, 0) is 0 Å². The highest BCUT2D eigenvalue weighted by Gasteiger charge is 2.17. The van der Waals surface area contributed by atoms with E-state index in [4.69, 9.17) is 0 Å². The molecule has 2 heterocycles. The lowest BCUT2D eigenvalue weighted by molar-refractivity contribution is 0.0948. The predicted octanol–water partition coefficient (Wildman–Crippen LogP) is -0.673. The van der Waals surface area contributed by atoms with E-state index in [1.165, 1.54) is 18.4 Å². The Morgan fingerprint density at radius 1 is 1.29 bits per heavy atom. The van der Waals surface area contributed by atoms with Gasteiger partial charge in [0.2, 0.25) is 0 Å². The minimum atomic E-state index is -0.0453. The number of hydrazine groups is 3. The summed E-state index contributed by atoms with van der Waals surface area (Å²) in [5, 5.41) is 6.32. The molecule has 1 amide bonds. The number of benzene rings is 1. The van der Waals surface area contributed by atoms with Crippen LogP contribution in [0, 0.1) is 0 Å². The highest BCUT2D eigenvalue weighted by Crippen LogP contribution is 2.23. The molecule has 0 saturated carbocycles. The second-order valence-corrected chi connectivity index (χ2v) is 5.47. The quantitative estimate of drug-likeness (QED) is 0.441. The van der Waals surface area contributed by atoms with Crippen molar-refractivity contribution in [2.45, 2.75) is 24.9 Å². The maximum absolute atomic E-state index is 12.2. The lowest BCUT2D eigenvalue weighted by Gasteiger charge is -2.23. The highest BCUT2D eigenvalue weighted by atomic mass is 16.1. The van der Waals surface area contributed by atoms with E-state index in [-0.39, 0.29) is 12.1 Å². The summed E-state index contributed by atoms with van der Waals surface area (Å²) in [6.07, 6.45) is 2.35. The molecule has 0 radical (unpaired) electrons. The summed E-state index contributed by atoms with van der Waals surface area (Å²) >= 11 is 0. The molecule has 1 atom stereocenters. The summed E-state index contributed by atoms with van der Waals surface area (Å²) in [6.45, 7) is 2.59. The second-order valence-electron chi connectivity index (χ2n) is 5.47. The summed E-state index contributed by atoms with van der Waals surface area (Å²) < 4.78 is 0. The standard InChI is InChI=1S/C14H22N6O/c21-14(16-9-13-17-19-20-18-13)11-4-1-3-10(7-11)12-5-2-6-15-8-12/h1,3-4,7,12-13,15,17-20H,2,5-6,8-9H2,(H,16,21). The average Bonchev–Trinajstić information content (AvgIpc) is 3.07. The van der Waals surface area contributed by atoms with Gasteiger partial charge in [-0.05, 0) is 43.0 Å². The number of hydrogen-bond donors (Lipinski definition) is 6. The number of rotatable bonds is 4. The van der Waals surface area contributed by atoms with Gasteiger partial charge in [0.05, 0.1) is 0 Å². The molecule has 7 nitrogen and oxygen atoms in total. The molecule has 2 aliphatic heterocycles. The SMILES string of the molecule is O=C(NCC1NNNN1)c1cccc(C2CCCNC2)c1. The Labute approximate surface area is 124 Å². The number of nitrogens with one attached hydrogen (secondary N) is 6. The van der Waals surface area contributed by atoms with E-state index < -0.39 is 0 Å². The average molecular weight is 290 g/mol. The Morgan fingerprint density at radius 3 is 2.90 bits per heavy atom. The van der Waals surface area contributed by atoms with Crippen molar-refractivity contribution in [3.8, 4) is 0 Å². The summed E-state index contributed by atoms with van der Waals surface area (Å²) in [7, 11) is 0. The largest absolute Gasteiger partial charge is 0.349 e. The van der Waals surface area contributed by atoms with E-state index in [9.17, 15) is 4.79 Å². The van der Waals surface area contributed by atoms with Crippen molar-refractivity contribution in [3.63, 3.8) is 0 Å². The van der Waals surface area contributed by atoms with Gasteiger partial charge in [0.1, 0.15) is 6.17 Å². The third kappa shape index (κ3) is 3.78. The number of hydrogen-bond acceptors (Lipinski definition) is 6. The summed E-state index contributed by atoms with van der Waals surface area (Å²) in [5.74, 6) is 0.467. The van der Waals surface area contributed by atoms with Crippen LogP contribution in [0.1, 0.15) is 34.7 Å². The number of amides is 1. The molecule has 6 N–H and O–H groups in total. The molecule has 3 rings (SSSR count). The fraction of sp³-hybridized carbons (Fsp3) is 0.500. The highest BCUT2D eigenvalue weighted by molar-refractivity contribution is 5.94. The number of piperidine rings is 1. The lowest BCUT2D eigenvalue weighted by Crippen LogP contribution is -2.44. The normalized spacial score (nSPS) is 23.1. The Kier molecular flexibility index (Phi) is 4.79. The molecule has 2 aliphatic rings. The van der Waals surface area contributed by atoms with Crippen LogP contribution in [0.3, 0.4) is 0 Å². The van der Waals surface area contributed by atoms with Gasteiger partial charge in [0, 0.05) is 18.7 Å². The van der Waals surface area contributed by atoms with Crippen LogP contribution in [0.15, 0.2) is 24.3 Å². The molecule has 7 heteroatoms. The van der Waals surface area contributed by atoms with Gasteiger partial charge in [0.25, 0.3) is 5.91 Å². The van der Waals surface area contributed by atoms with E-state index in [0.29, 0.717) is 12.5 Å². The van der Waals surface area contributed by atoms with E-state index >= 15 is 0 Å². The minimum absolute atomic E-state index is 0.0281. The third-order valence-electron chi connectivity index (χ3n) is 3.94. The second kappa shape index (κ2) is 6.97. The van der Waals surface area contributed by atoms with Gasteiger partial charge < -0.3 is 10.6 Å². The van der Waals surface area contributed by atoms with E-state index in [2.05, 4.69) is 38.6 Å². The molecule has 0 aromatic heterocycles. The van der Waals surface area contributed by atoms with Crippen molar-refractivity contribution < 1.29 is 4.79 Å². The molecule has 1 aromatic rings. The summed E-state index contributed by atoms with van der Waals surface area (Å²) in [5.41, 5.74) is 13.3. The fourth-order valence-electron chi connectivity index (χ4n) is 2.75. The van der Waals surface area contributed by atoms with Crippen molar-refractivity contribution in [2.24, 2.45) is 0 Å². The van der Waals surface area contributed by atoms with Gasteiger partial charge in [-0.15, -0.1) is 0 Å². The molecule has 0 spiro atoms. The van der Waals surface area contributed by atoms with Crippen molar-refractivity contribution in [1.82, 2.24) is 32.6 Å². The van der Waals surface area contributed by atoms with Crippen LogP contribution in [-0.4, -0.2) is 31.7 Å².